The molecule has 0 aliphatic carbocycles. The number of allylic oxidation sites excluding steroid dienone is 1. The number of ether oxygens (including phenoxy) is 2. The SMILES string of the molecule is CC=CC(=O)Oc1cccc(C(=C(C#N)C(=O)OC)c2ccccc2)c1. The molecule has 0 radical (unpaired) electrons. The number of carbonyl (C=O) groups is 2. The Kier molecular flexibility index (Phi) is 6.47. The number of esters is 2. The van der Waals surface area contributed by atoms with Crippen molar-refractivity contribution in [3.8, 4) is 11.8 Å². The maximum Gasteiger partial charge on any atom is 0.349 e. The van der Waals surface area contributed by atoms with Gasteiger partial charge < -0.3 is 9.47 Å². The van der Waals surface area contributed by atoms with Crippen molar-refractivity contribution < 1.29 is 19.1 Å². The van der Waals surface area contributed by atoms with Crippen molar-refractivity contribution in [2.45, 2.75) is 6.92 Å². The zero-order valence-corrected chi connectivity index (χ0v) is 14.4. The highest BCUT2D eigenvalue weighted by Crippen LogP contribution is 2.29. The maximum absolute atomic E-state index is 12.1. The Hall–Kier alpha value is -3.65. The van der Waals surface area contributed by atoms with E-state index in [1.807, 2.05) is 12.1 Å². The molecule has 0 heterocycles. The molecule has 5 nitrogen and oxygen atoms in total. The summed E-state index contributed by atoms with van der Waals surface area (Å²) in [6.45, 7) is 1.71. The zero-order chi connectivity index (χ0) is 18.9. The summed E-state index contributed by atoms with van der Waals surface area (Å²) in [5.41, 5.74) is 1.51. The Morgan fingerprint density at radius 3 is 2.35 bits per heavy atom. The Bertz CT molecular complexity index is 905. The summed E-state index contributed by atoms with van der Waals surface area (Å²) in [5.74, 6) is -0.938. The summed E-state index contributed by atoms with van der Waals surface area (Å²) in [5, 5.41) is 9.50. The van der Waals surface area contributed by atoms with Crippen molar-refractivity contribution in [2.24, 2.45) is 0 Å². The molecule has 2 rings (SSSR count). The molecule has 0 aliphatic heterocycles. The molecule has 0 unspecified atom stereocenters. The second-order valence-corrected chi connectivity index (χ2v) is 5.17. The van der Waals surface area contributed by atoms with E-state index < -0.39 is 11.9 Å². The molecule has 0 amide bonds. The average molecular weight is 347 g/mol. The third-order valence-electron chi connectivity index (χ3n) is 3.46. The summed E-state index contributed by atoms with van der Waals surface area (Å²) in [4.78, 5) is 23.7. The van der Waals surface area contributed by atoms with Crippen LogP contribution in [0.5, 0.6) is 5.75 Å². The van der Waals surface area contributed by atoms with Gasteiger partial charge in [0.25, 0.3) is 0 Å². The predicted octanol–water partition coefficient (Wildman–Crippen LogP) is 3.67. The standard InChI is InChI=1S/C21H17NO4/c1-3-8-19(23)26-17-12-7-11-16(13-17)20(15-9-5-4-6-10-15)18(14-22)21(24)25-2/h3-13H,1-2H3. The Balaban J connectivity index is 2.61. The van der Waals surface area contributed by atoms with Crippen LogP contribution in [0, 0.1) is 11.3 Å². The van der Waals surface area contributed by atoms with Crippen LogP contribution < -0.4 is 4.74 Å². The van der Waals surface area contributed by atoms with Gasteiger partial charge in [-0.05, 0) is 30.2 Å². The van der Waals surface area contributed by atoms with Crippen LogP contribution in [0.4, 0.5) is 0 Å². The van der Waals surface area contributed by atoms with Crippen molar-refractivity contribution in [1.29, 1.82) is 5.26 Å². The second-order valence-electron chi connectivity index (χ2n) is 5.17. The van der Waals surface area contributed by atoms with Gasteiger partial charge in [0.2, 0.25) is 0 Å². The van der Waals surface area contributed by atoms with Gasteiger partial charge in [-0.15, -0.1) is 0 Å². The van der Waals surface area contributed by atoms with Crippen molar-refractivity contribution in [2.75, 3.05) is 7.11 Å². The molecule has 0 aromatic heterocycles. The molecule has 26 heavy (non-hydrogen) atoms. The van der Waals surface area contributed by atoms with E-state index in [9.17, 15) is 14.9 Å². The molecule has 0 saturated carbocycles. The molecule has 0 N–H and O–H groups in total. The summed E-state index contributed by atoms with van der Waals surface area (Å²) < 4.78 is 9.97. The first kappa shape index (κ1) is 18.7. The van der Waals surface area contributed by atoms with Crippen LogP contribution >= 0.6 is 0 Å². The van der Waals surface area contributed by atoms with Gasteiger partial charge in [0.1, 0.15) is 17.4 Å². The van der Waals surface area contributed by atoms with Crippen LogP contribution in [0.2, 0.25) is 0 Å². The molecular weight excluding hydrogens is 330 g/mol. The van der Waals surface area contributed by atoms with Crippen molar-refractivity contribution in [3.63, 3.8) is 0 Å². The third-order valence-corrected chi connectivity index (χ3v) is 3.46. The van der Waals surface area contributed by atoms with Gasteiger partial charge in [0.05, 0.1) is 7.11 Å². The van der Waals surface area contributed by atoms with Gasteiger partial charge >= 0.3 is 11.9 Å². The van der Waals surface area contributed by atoms with E-state index in [1.165, 1.54) is 13.2 Å². The maximum atomic E-state index is 12.1. The molecule has 0 bridgehead atoms. The van der Waals surface area contributed by atoms with Crippen LogP contribution in [0.15, 0.2) is 72.3 Å². The number of hydrogen-bond donors (Lipinski definition) is 0. The molecule has 5 heteroatoms. The topological polar surface area (TPSA) is 76.4 Å². The number of methoxy groups -OCH3 is 1. The van der Waals surface area contributed by atoms with Gasteiger partial charge in [-0.1, -0.05) is 48.5 Å². The van der Waals surface area contributed by atoms with Crippen molar-refractivity contribution >= 4 is 17.5 Å². The fraction of sp³-hybridized carbons (Fsp3) is 0.0952. The number of benzene rings is 2. The molecule has 2 aromatic carbocycles. The lowest BCUT2D eigenvalue weighted by Gasteiger charge is -2.12. The summed E-state index contributed by atoms with van der Waals surface area (Å²) in [6.07, 6.45) is 2.88. The lowest BCUT2D eigenvalue weighted by atomic mass is 9.93. The van der Waals surface area contributed by atoms with E-state index in [1.54, 1.807) is 61.5 Å². The van der Waals surface area contributed by atoms with E-state index in [4.69, 9.17) is 9.47 Å². The number of rotatable bonds is 5. The summed E-state index contributed by atoms with van der Waals surface area (Å²) >= 11 is 0. The van der Waals surface area contributed by atoms with Gasteiger partial charge in [-0.25, -0.2) is 9.59 Å². The first-order valence-electron chi connectivity index (χ1n) is 7.83. The van der Waals surface area contributed by atoms with E-state index in [2.05, 4.69) is 0 Å². The molecule has 0 fully saturated rings. The fourth-order valence-corrected chi connectivity index (χ4v) is 2.37. The quantitative estimate of drug-likeness (QED) is 0.357. The predicted molar refractivity (Wildman–Crippen MR) is 97.0 cm³/mol. The molecule has 0 saturated heterocycles. The zero-order valence-electron chi connectivity index (χ0n) is 14.4. The van der Waals surface area contributed by atoms with Crippen molar-refractivity contribution in [1.82, 2.24) is 0 Å². The minimum Gasteiger partial charge on any atom is -0.465 e. The highest BCUT2D eigenvalue weighted by molar-refractivity contribution is 6.05. The fourth-order valence-electron chi connectivity index (χ4n) is 2.37. The lowest BCUT2D eigenvalue weighted by molar-refractivity contribution is -0.135. The third kappa shape index (κ3) is 4.46. The summed E-state index contributed by atoms with van der Waals surface area (Å²) in [6, 6.07) is 17.6. The van der Waals surface area contributed by atoms with Crippen molar-refractivity contribution in [3.05, 3.63) is 83.4 Å². The van der Waals surface area contributed by atoms with E-state index in [-0.39, 0.29) is 5.57 Å². The highest BCUT2D eigenvalue weighted by Gasteiger charge is 2.19. The van der Waals surface area contributed by atoms with Crippen LogP contribution in [0.1, 0.15) is 18.1 Å². The Labute approximate surface area is 151 Å². The molecule has 2 aromatic rings. The van der Waals surface area contributed by atoms with Crippen LogP contribution in [0.25, 0.3) is 5.57 Å². The summed E-state index contributed by atoms with van der Waals surface area (Å²) in [7, 11) is 1.22. The molecule has 0 spiro atoms. The number of nitrogens with zero attached hydrogens (tertiary/aromatic N) is 1. The Morgan fingerprint density at radius 1 is 1.04 bits per heavy atom. The average Bonchev–Trinajstić information content (AvgIpc) is 2.66. The van der Waals surface area contributed by atoms with Gasteiger partial charge in [0, 0.05) is 11.6 Å². The number of nitriles is 1. The molecule has 130 valence electrons. The molecule has 0 atom stereocenters. The Morgan fingerprint density at radius 2 is 1.73 bits per heavy atom. The normalized spacial score (nSPS) is 11.4. The lowest BCUT2D eigenvalue weighted by Crippen LogP contribution is -2.08. The molecule has 0 aliphatic rings. The smallest absolute Gasteiger partial charge is 0.349 e. The largest absolute Gasteiger partial charge is 0.465 e. The molecular formula is C21H17NO4. The van der Waals surface area contributed by atoms with E-state index in [0.717, 1.165) is 0 Å². The van der Waals surface area contributed by atoms with Crippen LogP contribution in [0.3, 0.4) is 0 Å². The second kappa shape index (κ2) is 9.00. The highest BCUT2D eigenvalue weighted by atomic mass is 16.5. The van der Waals surface area contributed by atoms with Gasteiger partial charge in [-0.3, -0.25) is 0 Å². The van der Waals surface area contributed by atoms with Crippen LogP contribution in [-0.2, 0) is 14.3 Å². The number of hydrogen-bond acceptors (Lipinski definition) is 5. The minimum absolute atomic E-state index is 0.129. The van der Waals surface area contributed by atoms with Gasteiger partial charge in [-0.2, -0.15) is 5.26 Å². The monoisotopic (exact) mass is 347 g/mol. The number of carbonyl (C=O) groups excluding carboxylic acids is 2. The first-order chi connectivity index (χ1) is 12.6. The first-order valence-corrected chi connectivity index (χ1v) is 7.83. The minimum atomic E-state index is -0.734. The van der Waals surface area contributed by atoms with Gasteiger partial charge in [0.15, 0.2) is 0 Å². The van der Waals surface area contributed by atoms with Crippen LogP contribution in [-0.4, -0.2) is 19.0 Å². The van der Waals surface area contributed by atoms with E-state index >= 15 is 0 Å². The van der Waals surface area contributed by atoms with E-state index in [0.29, 0.717) is 22.4 Å².